The van der Waals surface area contributed by atoms with E-state index in [9.17, 15) is 4.79 Å². The number of benzene rings is 1. The van der Waals surface area contributed by atoms with Crippen molar-refractivity contribution in [3.63, 3.8) is 0 Å². The van der Waals surface area contributed by atoms with Crippen molar-refractivity contribution < 1.29 is 4.79 Å². The SMILES string of the molecule is CN[C@H]1CCCN(C(=O)CCc2ccccc2Br)C1. The molecule has 1 saturated heterocycles. The average Bonchev–Trinajstić information content (AvgIpc) is 2.46. The average molecular weight is 325 g/mol. The first-order valence-electron chi connectivity index (χ1n) is 6.89. The fraction of sp³-hybridized carbons (Fsp3) is 0.533. The first-order chi connectivity index (χ1) is 9.20. The highest BCUT2D eigenvalue weighted by Gasteiger charge is 2.22. The largest absolute Gasteiger partial charge is 0.341 e. The lowest BCUT2D eigenvalue weighted by atomic mass is 10.0. The molecule has 1 heterocycles. The molecule has 1 atom stereocenters. The molecule has 0 saturated carbocycles. The van der Waals surface area contributed by atoms with Gasteiger partial charge in [-0.15, -0.1) is 0 Å². The molecule has 104 valence electrons. The van der Waals surface area contributed by atoms with Gasteiger partial charge < -0.3 is 10.2 Å². The Morgan fingerprint density at radius 3 is 3.00 bits per heavy atom. The summed E-state index contributed by atoms with van der Waals surface area (Å²) in [6.07, 6.45) is 3.68. The molecule has 4 heteroatoms. The number of aryl methyl sites for hydroxylation is 1. The normalized spacial score (nSPS) is 19.5. The fourth-order valence-corrected chi connectivity index (χ4v) is 3.02. The van der Waals surface area contributed by atoms with Crippen LogP contribution in [0.1, 0.15) is 24.8 Å². The first-order valence-corrected chi connectivity index (χ1v) is 7.68. The van der Waals surface area contributed by atoms with Gasteiger partial charge in [-0.1, -0.05) is 34.1 Å². The predicted molar refractivity (Wildman–Crippen MR) is 81.1 cm³/mol. The van der Waals surface area contributed by atoms with Gasteiger partial charge in [-0.2, -0.15) is 0 Å². The van der Waals surface area contributed by atoms with Gasteiger partial charge in [-0.3, -0.25) is 4.79 Å². The minimum atomic E-state index is 0.274. The zero-order chi connectivity index (χ0) is 13.7. The van der Waals surface area contributed by atoms with E-state index in [0.717, 1.165) is 30.4 Å². The molecule has 1 N–H and O–H groups in total. The van der Waals surface area contributed by atoms with Crippen LogP contribution in [0.5, 0.6) is 0 Å². The Morgan fingerprint density at radius 1 is 1.47 bits per heavy atom. The molecule has 2 rings (SSSR count). The molecule has 1 amide bonds. The second-order valence-corrected chi connectivity index (χ2v) is 5.91. The van der Waals surface area contributed by atoms with Crippen LogP contribution in [0.25, 0.3) is 0 Å². The van der Waals surface area contributed by atoms with Crippen LogP contribution in [-0.2, 0) is 11.2 Å². The zero-order valence-corrected chi connectivity index (χ0v) is 12.9. The van der Waals surface area contributed by atoms with Crippen LogP contribution in [0.15, 0.2) is 28.7 Å². The minimum Gasteiger partial charge on any atom is -0.341 e. The smallest absolute Gasteiger partial charge is 0.222 e. The number of rotatable bonds is 4. The van der Waals surface area contributed by atoms with E-state index in [0.29, 0.717) is 12.5 Å². The summed E-state index contributed by atoms with van der Waals surface area (Å²) < 4.78 is 1.09. The Labute approximate surface area is 123 Å². The monoisotopic (exact) mass is 324 g/mol. The topological polar surface area (TPSA) is 32.3 Å². The molecular formula is C15H21BrN2O. The summed E-state index contributed by atoms with van der Waals surface area (Å²) >= 11 is 3.53. The highest BCUT2D eigenvalue weighted by molar-refractivity contribution is 9.10. The van der Waals surface area contributed by atoms with Crippen molar-refractivity contribution in [1.82, 2.24) is 10.2 Å². The third-order valence-electron chi connectivity index (χ3n) is 3.75. The molecule has 1 aliphatic rings. The second-order valence-electron chi connectivity index (χ2n) is 5.06. The molecule has 0 radical (unpaired) electrons. The Bertz CT molecular complexity index is 436. The quantitative estimate of drug-likeness (QED) is 0.923. The summed E-state index contributed by atoms with van der Waals surface area (Å²) in [5.74, 6) is 0.274. The number of amides is 1. The number of carbonyl (C=O) groups excluding carboxylic acids is 1. The van der Waals surface area contributed by atoms with Crippen LogP contribution < -0.4 is 5.32 Å². The number of hydrogen-bond donors (Lipinski definition) is 1. The maximum Gasteiger partial charge on any atom is 0.222 e. The Kier molecular flexibility index (Phi) is 5.40. The van der Waals surface area contributed by atoms with Gasteiger partial charge in [0.05, 0.1) is 0 Å². The molecule has 0 spiro atoms. The van der Waals surface area contributed by atoms with Crippen molar-refractivity contribution in [2.75, 3.05) is 20.1 Å². The minimum absolute atomic E-state index is 0.274. The molecule has 0 aromatic heterocycles. The number of nitrogens with one attached hydrogen (secondary N) is 1. The highest BCUT2D eigenvalue weighted by Crippen LogP contribution is 2.18. The molecule has 0 unspecified atom stereocenters. The third-order valence-corrected chi connectivity index (χ3v) is 4.52. The van der Waals surface area contributed by atoms with E-state index in [1.807, 2.05) is 30.1 Å². The van der Waals surface area contributed by atoms with Crippen molar-refractivity contribution in [2.24, 2.45) is 0 Å². The van der Waals surface area contributed by atoms with Crippen LogP contribution in [0.4, 0.5) is 0 Å². The van der Waals surface area contributed by atoms with E-state index in [1.165, 1.54) is 12.0 Å². The molecule has 1 aromatic carbocycles. The molecule has 1 aromatic rings. The van der Waals surface area contributed by atoms with Crippen LogP contribution in [0, 0.1) is 0 Å². The summed E-state index contributed by atoms with van der Waals surface area (Å²) in [7, 11) is 1.97. The molecule has 1 aliphatic heterocycles. The van der Waals surface area contributed by atoms with Crippen molar-refractivity contribution in [1.29, 1.82) is 0 Å². The van der Waals surface area contributed by atoms with Crippen molar-refractivity contribution in [3.05, 3.63) is 34.3 Å². The Balaban J connectivity index is 1.86. The first kappa shape index (κ1) is 14.5. The lowest BCUT2D eigenvalue weighted by Gasteiger charge is -2.32. The summed E-state index contributed by atoms with van der Waals surface area (Å²) in [6, 6.07) is 8.57. The van der Waals surface area contributed by atoms with Gasteiger partial charge in [0.15, 0.2) is 0 Å². The van der Waals surface area contributed by atoms with Crippen molar-refractivity contribution in [3.8, 4) is 0 Å². The van der Waals surface area contributed by atoms with Crippen LogP contribution in [-0.4, -0.2) is 37.0 Å². The van der Waals surface area contributed by atoms with E-state index >= 15 is 0 Å². The van der Waals surface area contributed by atoms with E-state index in [-0.39, 0.29) is 5.91 Å². The molecule has 19 heavy (non-hydrogen) atoms. The fourth-order valence-electron chi connectivity index (χ4n) is 2.54. The van der Waals surface area contributed by atoms with Gasteiger partial charge in [0.2, 0.25) is 5.91 Å². The number of likely N-dealkylation sites (N-methyl/N-ethyl adjacent to an activating group) is 1. The number of carbonyl (C=O) groups is 1. The Hall–Kier alpha value is -0.870. The van der Waals surface area contributed by atoms with Crippen molar-refractivity contribution in [2.45, 2.75) is 31.7 Å². The third kappa shape index (κ3) is 4.05. The van der Waals surface area contributed by atoms with Gasteiger partial charge in [0, 0.05) is 30.0 Å². The molecule has 1 fully saturated rings. The molecule has 0 aliphatic carbocycles. The number of nitrogens with zero attached hydrogens (tertiary/aromatic N) is 1. The standard InChI is InChI=1S/C15H21BrN2O/c1-17-13-6-4-10-18(11-13)15(19)9-8-12-5-2-3-7-14(12)16/h2-3,5,7,13,17H,4,6,8-11H2,1H3/t13-/m0/s1. The second kappa shape index (κ2) is 7.06. The lowest BCUT2D eigenvalue weighted by Crippen LogP contribution is -2.47. The van der Waals surface area contributed by atoms with E-state index in [4.69, 9.17) is 0 Å². The van der Waals surface area contributed by atoms with Gasteiger partial charge in [0.25, 0.3) is 0 Å². The van der Waals surface area contributed by atoms with Crippen molar-refractivity contribution >= 4 is 21.8 Å². The maximum atomic E-state index is 12.2. The summed E-state index contributed by atoms with van der Waals surface area (Å²) in [4.78, 5) is 14.2. The van der Waals surface area contributed by atoms with Crippen LogP contribution in [0.2, 0.25) is 0 Å². The van der Waals surface area contributed by atoms with E-state index < -0.39 is 0 Å². The highest BCUT2D eigenvalue weighted by atomic mass is 79.9. The van der Waals surface area contributed by atoms with Crippen LogP contribution in [0.3, 0.4) is 0 Å². The number of piperidine rings is 1. The molecule has 3 nitrogen and oxygen atoms in total. The number of halogens is 1. The Morgan fingerprint density at radius 2 is 2.26 bits per heavy atom. The lowest BCUT2D eigenvalue weighted by molar-refractivity contribution is -0.132. The zero-order valence-electron chi connectivity index (χ0n) is 11.4. The summed E-state index contributed by atoms with van der Waals surface area (Å²) in [6.45, 7) is 1.76. The predicted octanol–water partition coefficient (Wildman–Crippen LogP) is 2.59. The van der Waals surface area contributed by atoms with E-state index in [1.54, 1.807) is 0 Å². The molecular weight excluding hydrogens is 304 g/mol. The van der Waals surface area contributed by atoms with Gasteiger partial charge >= 0.3 is 0 Å². The number of hydrogen-bond acceptors (Lipinski definition) is 2. The van der Waals surface area contributed by atoms with Gasteiger partial charge in [0.1, 0.15) is 0 Å². The molecule has 0 bridgehead atoms. The van der Waals surface area contributed by atoms with Gasteiger partial charge in [-0.05, 0) is 37.9 Å². The summed E-state index contributed by atoms with van der Waals surface area (Å²) in [5, 5.41) is 3.27. The number of likely N-dealkylation sites (tertiary alicyclic amines) is 1. The van der Waals surface area contributed by atoms with E-state index in [2.05, 4.69) is 27.3 Å². The van der Waals surface area contributed by atoms with Crippen LogP contribution >= 0.6 is 15.9 Å². The van der Waals surface area contributed by atoms with Gasteiger partial charge in [-0.25, -0.2) is 0 Å². The maximum absolute atomic E-state index is 12.2. The summed E-state index contributed by atoms with van der Waals surface area (Å²) in [5.41, 5.74) is 1.21.